The van der Waals surface area contributed by atoms with E-state index in [-0.39, 0.29) is 17.2 Å². The van der Waals surface area contributed by atoms with Crippen LogP contribution in [0.3, 0.4) is 0 Å². The lowest BCUT2D eigenvalue weighted by Gasteiger charge is -2.14. The summed E-state index contributed by atoms with van der Waals surface area (Å²) in [6, 6.07) is 12.1. The molecule has 0 aliphatic heterocycles. The highest BCUT2D eigenvalue weighted by Gasteiger charge is 2.15. The van der Waals surface area contributed by atoms with E-state index in [2.05, 4.69) is 5.32 Å². The largest absolute Gasteiger partial charge is 0.503 e. The van der Waals surface area contributed by atoms with Gasteiger partial charge in [0.1, 0.15) is 5.75 Å². The molecule has 0 aliphatic carbocycles. The minimum absolute atomic E-state index is 0.187. The maximum absolute atomic E-state index is 12.7. The summed E-state index contributed by atoms with van der Waals surface area (Å²) in [5, 5.41) is 13.5. The Labute approximate surface area is 215 Å². The highest BCUT2D eigenvalue weighted by Crippen LogP contribution is 2.40. The average Bonchev–Trinajstić information content (AvgIpc) is 2.91. The van der Waals surface area contributed by atoms with Crippen LogP contribution in [0.4, 0.5) is 11.4 Å². The van der Waals surface area contributed by atoms with Gasteiger partial charge in [-0.05, 0) is 53.6 Å². The first kappa shape index (κ1) is 26.8. The number of anilines is 2. The standard InChI is InChI=1S/C28H30N2O7/c1-33-21-11-7-17(14-20(21)29)8-13-25(31)30-26-19(10-12-22(34-2)27(26)32)9-6-18-15-23(35-3)28(37-5)24(16-18)36-4/h6-16,32H,29H2,1-5H3,(H,30,31). The molecule has 0 aliphatic rings. The van der Waals surface area contributed by atoms with Crippen molar-refractivity contribution in [2.75, 3.05) is 46.6 Å². The van der Waals surface area contributed by atoms with Crippen molar-refractivity contribution in [2.24, 2.45) is 0 Å². The van der Waals surface area contributed by atoms with E-state index in [1.54, 1.807) is 60.7 Å². The van der Waals surface area contributed by atoms with E-state index in [0.717, 1.165) is 5.56 Å². The molecule has 0 atom stereocenters. The van der Waals surface area contributed by atoms with Crippen LogP contribution < -0.4 is 34.7 Å². The summed E-state index contributed by atoms with van der Waals surface area (Å²) in [4.78, 5) is 12.7. The molecule has 0 saturated heterocycles. The third-order valence-corrected chi connectivity index (χ3v) is 5.46. The number of nitrogens with two attached hydrogens (primary N) is 1. The summed E-state index contributed by atoms with van der Waals surface area (Å²) < 4.78 is 26.5. The van der Waals surface area contributed by atoms with Crippen molar-refractivity contribution >= 4 is 35.5 Å². The van der Waals surface area contributed by atoms with Gasteiger partial charge in [-0.15, -0.1) is 0 Å². The second-order valence-electron chi connectivity index (χ2n) is 7.70. The van der Waals surface area contributed by atoms with Crippen LogP contribution in [0.1, 0.15) is 16.7 Å². The van der Waals surface area contributed by atoms with Gasteiger partial charge in [0.15, 0.2) is 23.0 Å². The topological polar surface area (TPSA) is 122 Å². The summed E-state index contributed by atoms with van der Waals surface area (Å²) in [6.45, 7) is 0. The Balaban J connectivity index is 1.91. The van der Waals surface area contributed by atoms with Gasteiger partial charge in [0.25, 0.3) is 0 Å². The van der Waals surface area contributed by atoms with Crippen LogP contribution in [0.25, 0.3) is 18.2 Å². The number of carbonyl (C=O) groups excluding carboxylic acids is 1. The van der Waals surface area contributed by atoms with E-state index in [9.17, 15) is 9.90 Å². The predicted octanol–water partition coefficient (Wildman–Crippen LogP) is 4.84. The average molecular weight is 507 g/mol. The normalized spacial score (nSPS) is 10.9. The Hall–Kier alpha value is -4.79. The molecule has 9 nitrogen and oxygen atoms in total. The molecule has 3 rings (SSSR count). The molecule has 0 bridgehead atoms. The third kappa shape index (κ3) is 6.26. The van der Waals surface area contributed by atoms with Crippen LogP contribution in [0.2, 0.25) is 0 Å². The molecule has 0 spiro atoms. The van der Waals surface area contributed by atoms with Gasteiger partial charge < -0.3 is 39.8 Å². The lowest BCUT2D eigenvalue weighted by Crippen LogP contribution is -2.09. The molecule has 0 heterocycles. The van der Waals surface area contributed by atoms with Gasteiger partial charge in [-0.3, -0.25) is 4.79 Å². The molecule has 0 unspecified atom stereocenters. The molecule has 0 aromatic heterocycles. The third-order valence-electron chi connectivity index (χ3n) is 5.46. The second-order valence-corrected chi connectivity index (χ2v) is 7.70. The fraction of sp³-hybridized carbons (Fsp3) is 0.179. The molecule has 4 N–H and O–H groups in total. The highest BCUT2D eigenvalue weighted by molar-refractivity contribution is 6.04. The fourth-order valence-electron chi connectivity index (χ4n) is 3.60. The molecule has 3 aromatic carbocycles. The summed E-state index contributed by atoms with van der Waals surface area (Å²) in [6.07, 6.45) is 6.47. The first-order chi connectivity index (χ1) is 17.8. The van der Waals surface area contributed by atoms with Gasteiger partial charge in [-0.25, -0.2) is 0 Å². The number of aromatic hydroxyl groups is 1. The van der Waals surface area contributed by atoms with Crippen LogP contribution in [0.15, 0.2) is 48.5 Å². The number of carbonyl (C=O) groups is 1. The van der Waals surface area contributed by atoms with Crippen LogP contribution in [-0.4, -0.2) is 46.6 Å². The number of rotatable bonds is 10. The van der Waals surface area contributed by atoms with E-state index < -0.39 is 5.91 Å². The Morgan fingerprint density at radius 3 is 1.95 bits per heavy atom. The van der Waals surface area contributed by atoms with E-state index in [0.29, 0.717) is 39.8 Å². The lowest BCUT2D eigenvalue weighted by atomic mass is 10.1. The minimum atomic E-state index is -0.458. The van der Waals surface area contributed by atoms with Crippen molar-refractivity contribution in [3.63, 3.8) is 0 Å². The molecule has 0 radical (unpaired) electrons. The molecule has 37 heavy (non-hydrogen) atoms. The first-order valence-corrected chi connectivity index (χ1v) is 11.2. The smallest absolute Gasteiger partial charge is 0.248 e. The summed E-state index contributed by atoms with van der Waals surface area (Å²) in [5.41, 5.74) is 8.58. The maximum atomic E-state index is 12.7. The zero-order chi connectivity index (χ0) is 26.9. The Bertz CT molecular complexity index is 1310. The van der Waals surface area contributed by atoms with Gasteiger partial charge in [0.05, 0.1) is 46.9 Å². The summed E-state index contributed by atoms with van der Waals surface area (Å²) in [7, 11) is 7.56. The van der Waals surface area contributed by atoms with Gasteiger partial charge in [0, 0.05) is 11.6 Å². The Kier molecular flexibility index (Phi) is 8.88. The molecule has 0 fully saturated rings. The number of methoxy groups -OCH3 is 5. The zero-order valence-corrected chi connectivity index (χ0v) is 21.3. The Morgan fingerprint density at radius 2 is 1.38 bits per heavy atom. The van der Waals surface area contributed by atoms with Crippen molar-refractivity contribution in [1.29, 1.82) is 0 Å². The number of ether oxygens (including phenoxy) is 5. The summed E-state index contributed by atoms with van der Waals surface area (Å²) in [5.74, 6) is 1.57. The number of amides is 1. The van der Waals surface area contributed by atoms with Crippen LogP contribution in [0.5, 0.6) is 34.5 Å². The van der Waals surface area contributed by atoms with Gasteiger partial charge in [-0.1, -0.05) is 18.2 Å². The number of phenolic OH excluding ortho intramolecular Hbond substituents is 1. The van der Waals surface area contributed by atoms with Crippen molar-refractivity contribution in [3.05, 3.63) is 65.2 Å². The quantitative estimate of drug-likeness (QED) is 0.155. The van der Waals surface area contributed by atoms with Crippen molar-refractivity contribution < 1.29 is 33.6 Å². The lowest BCUT2D eigenvalue weighted by molar-refractivity contribution is -0.111. The zero-order valence-electron chi connectivity index (χ0n) is 21.3. The summed E-state index contributed by atoms with van der Waals surface area (Å²) >= 11 is 0. The van der Waals surface area contributed by atoms with Crippen LogP contribution in [0, 0.1) is 0 Å². The molecule has 0 saturated carbocycles. The predicted molar refractivity (Wildman–Crippen MR) is 145 cm³/mol. The van der Waals surface area contributed by atoms with Gasteiger partial charge in [-0.2, -0.15) is 0 Å². The number of nitrogens with one attached hydrogen (secondary N) is 1. The Morgan fingerprint density at radius 1 is 0.757 bits per heavy atom. The van der Waals surface area contributed by atoms with E-state index in [1.807, 2.05) is 0 Å². The monoisotopic (exact) mass is 506 g/mol. The van der Waals surface area contributed by atoms with Crippen molar-refractivity contribution in [1.82, 2.24) is 0 Å². The van der Waals surface area contributed by atoms with Crippen molar-refractivity contribution in [3.8, 4) is 34.5 Å². The minimum Gasteiger partial charge on any atom is -0.503 e. The van der Waals surface area contributed by atoms with Gasteiger partial charge in [0.2, 0.25) is 11.7 Å². The molecule has 1 amide bonds. The van der Waals surface area contributed by atoms with Crippen LogP contribution in [-0.2, 0) is 4.79 Å². The highest BCUT2D eigenvalue weighted by atomic mass is 16.5. The van der Waals surface area contributed by atoms with Crippen molar-refractivity contribution in [2.45, 2.75) is 0 Å². The maximum Gasteiger partial charge on any atom is 0.248 e. The van der Waals surface area contributed by atoms with E-state index in [4.69, 9.17) is 29.4 Å². The molecule has 194 valence electrons. The molecule has 3 aromatic rings. The van der Waals surface area contributed by atoms with E-state index in [1.165, 1.54) is 41.6 Å². The van der Waals surface area contributed by atoms with E-state index >= 15 is 0 Å². The number of phenols is 1. The molecular formula is C28H30N2O7. The first-order valence-electron chi connectivity index (χ1n) is 11.2. The number of hydrogen-bond acceptors (Lipinski definition) is 8. The molecular weight excluding hydrogens is 476 g/mol. The SMILES string of the molecule is COc1ccc(C=CC(=O)Nc2c(C=Cc3cc(OC)c(OC)c(OC)c3)ccc(OC)c2O)cc1N. The number of hydrogen-bond donors (Lipinski definition) is 3. The second kappa shape index (κ2) is 12.3. The number of benzene rings is 3. The fourth-order valence-corrected chi connectivity index (χ4v) is 3.60. The van der Waals surface area contributed by atoms with Gasteiger partial charge >= 0.3 is 0 Å². The number of nitrogen functional groups attached to an aromatic ring is 1. The van der Waals surface area contributed by atoms with Crippen LogP contribution >= 0.6 is 0 Å². The molecule has 9 heteroatoms.